The predicted octanol–water partition coefficient (Wildman–Crippen LogP) is 5.75. The van der Waals surface area contributed by atoms with Gasteiger partial charge in [0.25, 0.3) is 0 Å². The van der Waals surface area contributed by atoms with Crippen LogP contribution in [0.1, 0.15) is 49.9 Å². The fourth-order valence-electron chi connectivity index (χ4n) is 4.19. The maximum Gasteiger partial charge on any atom is 0.338 e. The van der Waals surface area contributed by atoms with E-state index in [1.54, 1.807) is 6.07 Å². The van der Waals surface area contributed by atoms with E-state index < -0.39 is 12.0 Å². The predicted molar refractivity (Wildman–Crippen MR) is 136 cm³/mol. The lowest BCUT2D eigenvalue weighted by Gasteiger charge is -2.37. The number of halogens is 1. The third kappa shape index (κ3) is 4.76. The van der Waals surface area contributed by atoms with Crippen LogP contribution >= 0.6 is 23.4 Å². The molecule has 0 radical (unpaired) electrons. The molecule has 2 aromatic carbocycles. The van der Waals surface area contributed by atoms with Gasteiger partial charge in [0.15, 0.2) is 5.17 Å². The van der Waals surface area contributed by atoms with Gasteiger partial charge in [-0.15, -0.1) is 0 Å². The van der Waals surface area contributed by atoms with E-state index in [2.05, 4.69) is 5.32 Å². The molecule has 176 valence electrons. The van der Waals surface area contributed by atoms with Crippen molar-refractivity contribution in [2.45, 2.75) is 38.8 Å². The Hall–Kier alpha value is -3.03. The topological polar surface area (TPSA) is 71.0 Å². The van der Waals surface area contributed by atoms with Gasteiger partial charge in [-0.25, -0.2) is 9.79 Å². The number of allylic oxidation sites excluding steroid dienone is 1. The van der Waals surface area contributed by atoms with Crippen LogP contribution in [0, 0.1) is 0 Å². The second kappa shape index (κ2) is 10.5. The Balaban J connectivity index is 1.66. The number of hydrogen-bond donors (Lipinski definition) is 1. The van der Waals surface area contributed by atoms with Gasteiger partial charge < -0.3 is 15.0 Å². The van der Waals surface area contributed by atoms with E-state index in [4.69, 9.17) is 21.3 Å². The number of nitrogens with zero attached hydrogens (tertiary/aromatic N) is 2. The summed E-state index contributed by atoms with van der Waals surface area (Å²) in [6.07, 6.45) is 0.702. The number of hydrogen-bond acceptors (Lipinski definition) is 6. The third-order valence-corrected chi connectivity index (χ3v) is 7.08. The minimum atomic E-state index is -0.538. The Labute approximate surface area is 208 Å². The SMILES string of the molecule is CCC1=C(C(=O)OC)[C@H](c2ccccc2Cl)N2C(CC(=O)N[C@@H](C)c3ccccc3)=CSC2=N1. The molecule has 4 rings (SSSR count). The number of amidine groups is 1. The fraction of sp³-hybridized carbons (Fsp3) is 0.269. The Bertz CT molecular complexity index is 1190. The number of fused-ring (bicyclic) bond motifs is 1. The number of esters is 1. The van der Waals surface area contributed by atoms with Crippen molar-refractivity contribution in [3.05, 3.63) is 93.1 Å². The van der Waals surface area contributed by atoms with Crippen LogP contribution in [0.4, 0.5) is 0 Å². The number of amides is 1. The number of carbonyl (C=O) groups is 2. The average molecular weight is 496 g/mol. The average Bonchev–Trinajstić information content (AvgIpc) is 3.25. The zero-order valence-electron chi connectivity index (χ0n) is 19.2. The summed E-state index contributed by atoms with van der Waals surface area (Å²) >= 11 is 8.04. The lowest BCUT2D eigenvalue weighted by Crippen LogP contribution is -2.38. The van der Waals surface area contributed by atoms with E-state index in [0.717, 1.165) is 16.8 Å². The maximum absolute atomic E-state index is 13.0. The summed E-state index contributed by atoms with van der Waals surface area (Å²) in [7, 11) is 1.36. The monoisotopic (exact) mass is 495 g/mol. The zero-order chi connectivity index (χ0) is 24.2. The second-order valence-electron chi connectivity index (χ2n) is 8.00. The van der Waals surface area contributed by atoms with Crippen molar-refractivity contribution in [2.24, 2.45) is 4.99 Å². The van der Waals surface area contributed by atoms with Crippen molar-refractivity contribution in [3.63, 3.8) is 0 Å². The normalized spacial score (nSPS) is 18.1. The molecule has 0 aliphatic carbocycles. The Morgan fingerprint density at radius 3 is 2.56 bits per heavy atom. The highest BCUT2D eigenvalue weighted by atomic mass is 35.5. The molecule has 0 aromatic heterocycles. The summed E-state index contributed by atoms with van der Waals surface area (Å²) in [5.74, 6) is -0.574. The zero-order valence-corrected chi connectivity index (χ0v) is 20.8. The van der Waals surface area contributed by atoms with E-state index in [1.807, 2.05) is 72.7 Å². The van der Waals surface area contributed by atoms with Crippen LogP contribution in [0.5, 0.6) is 0 Å². The molecule has 2 aliphatic rings. The summed E-state index contributed by atoms with van der Waals surface area (Å²) < 4.78 is 5.14. The van der Waals surface area contributed by atoms with Crippen LogP contribution in [0.25, 0.3) is 0 Å². The minimum Gasteiger partial charge on any atom is -0.466 e. The third-order valence-electron chi connectivity index (χ3n) is 5.85. The number of carbonyl (C=O) groups excluding carboxylic acids is 2. The largest absolute Gasteiger partial charge is 0.466 e. The van der Waals surface area contributed by atoms with E-state index >= 15 is 0 Å². The van der Waals surface area contributed by atoms with Crippen molar-refractivity contribution in [3.8, 4) is 0 Å². The molecule has 2 atom stereocenters. The number of ether oxygens (including phenoxy) is 1. The molecule has 34 heavy (non-hydrogen) atoms. The molecular formula is C26H26ClN3O3S. The first-order chi connectivity index (χ1) is 16.4. The van der Waals surface area contributed by atoms with Crippen LogP contribution in [0.3, 0.4) is 0 Å². The quantitative estimate of drug-likeness (QED) is 0.495. The van der Waals surface area contributed by atoms with Gasteiger partial charge in [-0.2, -0.15) is 0 Å². The van der Waals surface area contributed by atoms with E-state index in [1.165, 1.54) is 18.9 Å². The van der Waals surface area contributed by atoms with Crippen LogP contribution < -0.4 is 5.32 Å². The summed E-state index contributed by atoms with van der Waals surface area (Å²) in [5.41, 5.74) is 3.64. The molecule has 0 saturated heterocycles. The number of rotatable bonds is 7. The summed E-state index contributed by atoms with van der Waals surface area (Å²) in [6.45, 7) is 3.91. The van der Waals surface area contributed by atoms with Gasteiger partial charge in [-0.3, -0.25) is 4.79 Å². The Kier molecular flexibility index (Phi) is 7.44. The first-order valence-electron chi connectivity index (χ1n) is 11.1. The first kappa shape index (κ1) is 24.1. The molecule has 0 fully saturated rings. The molecule has 2 aromatic rings. The van der Waals surface area contributed by atoms with Crippen molar-refractivity contribution in [1.29, 1.82) is 0 Å². The molecule has 2 aliphatic heterocycles. The number of benzene rings is 2. The molecule has 0 spiro atoms. The first-order valence-corrected chi connectivity index (χ1v) is 12.3. The van der Waals surface area contributed by atoms with Crippen LogP contribution in [0.15, 0.2) is 82.0 Å². The van der Waals surface area contributed by atoms with Crippen molar-refractivity contribution >= 4 is 40.4 Å². The highest BCUT2D eigenvalue weighted by Crippen LogP contribution is 2.46. The van der Waals surface area contributed by atoms with E-state index in [-0.39, 0.29) is 18.4 Å². The molecule has 0 unspecified atom stereocenters. The molecule has 8 heteroatoms. The van der Waals surface area contributed by atoms with Gasteiger partial charge in [0.05, 0.1) is 36.9 Å². The van der Waals surface area contributed by atoms with Crippen LogP contribution in [-0.4, -0.2) is 29.1 Å². The minimum absolute atomic E-state index is 0.118. The Morgan fingerprint density at radius 1 is 1.18 bits per heavy atom. The van der Waals surface area contributed by atoms with E-state index in [9.17, 15) is 9.59 Å². The van der Waals surface area contributed by atoms with E-state index in [0.29, 0.717) is 27.9 Å². The maximum atomic E-state index is 13.0. The van der Waals surface area contributed by atoms with Gasteiger partial charge in [0, 0.05) is 10.7 Å². The highest BCUT2D eigenvalue weighted by molar-refractivity contribution is 8.16. The van der Waals surface area contributed by atoms with Crippen LogP contribution in [0.2, 0.25) is 5.02 Å². The van der Waals surface area contributed by atoms with Crippen LogP contribution in [-0.2, 0) is 14.3 Å². The smallest absolute Gasteiger partial charge is 0.338 e. The summed E-state index contributed by atoms with van der Waals surface area (Å²) in [5, 5.41) is 6.23. The van der Waals surface area contributed by atoms with Gasteiger partial charge in [-0.1, -0.05) is 78.8 Å². The lowest BCUT2D eigenvalue weighted by molar-refractivity contribution is -0.136. The van der Waals surface area contributed by atoms with Gasteiger partial charge >= 0.3 is 5.97 Å². The molecule has 2 heterocycles. The molecule has 0 bridgehead atoms. The van der Waals surface area contributed by atoms with Gasteiger partial charge in [0.2, 0.25) is 5.91 Å². The lowest BCUT2D eigenvalue weighted by atomic mass is 9.92. The molecule has 6 nitrogen and oxygen atoms in total. The van der Waals surface area contributed by atoms with Crippen molar-refractivity contribution in [2.75, 3.05) is 7.11 Å². The number of nitrogens with one attached hydrogen (secondary N) is 1. The summed E-state index contributed by atoms with van der Waals surface area (Å²) in [6, 6.07) is 16.6. The second-order valence-corrected chi connectivity index (χ2v) is 9.24. The Morgan fingerprint density at radius 2 is 1.88 bits per heavy atom. The van der Waals surface area contributed by atoms with Gasteiger partial charge in [0.1, 0.15) is 0 Å². The van der Waals surface area contributed by atoms with Gasteiger partial charge in [-0.05, 0) is 35.9 Å². The molecular weight excluding hydrogens is 470 g/mol. The summed E-state index contributed by atoms with van der Waals surface area (Å²) in [4.78, 5) is 32.6. The molecule has 0 saturated carbocycles. The number of methoxy groups -OCH3 is 1. The fourth-order valence-corrected chi connectivity index (χ4v) is 5.36. The highest BCUT2D eigenvalue weighted by Gasteiger charge is 2.42. The van der Waals surface area contributed by atoms with Crippen molar-refractivity contribution in [1.82, 2.24) is 10.2 Å². The standard InChI is InChI=1S/C26H26ClN3O3S/c1-4-21-23(25(32)33-3)24(19-12-8-9-13-20(19)27)30-18(15-34-26(30)29-21)14-22(31)28-16(2)17-10-6-5-7-11-17/h5-13,15-16,24H,4,14H2,1-3H3,(H,28,31)/t16-,24-/m0/s1. The number of thioether (sulfide) groups is 1. The molecule has 1 N–H and O–H groups in total. The molecule has 1 amide bonds. The van der Waals surface area contributed by atoms with Crippen molar-refractivity contribution < 1.29 is 14.3 Å². The number of aliphatic imine (C=N–C) groups is 1.